The van der Waals surface area contributed by atoms with Crippen LogP contribution in [0.2, 0.25) is 0 Å². The van der Waals surface area contributed by atoms with Crippen LogP contribution in [-0.4, -0.2) is 44.0 Å². The average Bonchev–Trinajstić information content (AvgIpc) is 3.23. The van der Waals surface area contributed by atoms with Crippen molar-refractivity contribution in [3.8, 4) is 17.2 Å². The highest BCUT2D eigenvalue weighted by Crippen LogP contribution is 2.34. The molecule has 0 spiro atoms. The van der Waals surface area contributed by atoms with E-state index < -0.39 is 0 Å². The molecule has 2 amide bonds. The van der Waals surface area contributed by atoms with E-state index in [0.717, 1.165) is 42.8 Å². The second kappa shape index (κ2) is 9.43. The number of nitrogens with zero attached hydrogens (tertiary/aromatic N) is 1. The summed E-state index contributed by atoms with van der Waals surface area (Å²) in [5.74, 6) is 1.35. The molecule has 1 fully saturated rings. The molecule has 166 valence electrons. The third kappa shape index (κ3) is 5.19. The van der Waals surface area contributed by atoms with Gasteiger partial charge in [-0.2, -0.15) is 0 Å². The van der Waals surface area contributed by atoms with Crippen LogP contribution in [0.3, 0.4) is 0 Å². The van der Waals surface area contributed by atoms with Gasteiger partial charge in [0.2, 0.25) is 6.79 Å². The molecule has 2 aliphatic heterocycles. The quantitative estimate of drug-likeness (QED) is 0.734. The molecule has 31 heavy (non-hydrogen) atoms. The summed E-state index contributed by atoms with van der Waals surface area (Å²) in [6.45, 7) is 4.54. The summed E-state index contributed by atoms with van der Waals surface area (Å²) < 4.78 is 29.6. The number of methoxy groups -OCH3 is 1. The van der Waals surface area contributed by atoms with Crippen molar-refractivity contribution < 1.29 is 23.4 Å². The van der Waals surface area contributed by atoms with Crippen molar-refractivity contribution >= 4 is 6.03 Å². The highest BCUT2D eigenvalue weighted by molar-refractivity contribution is 5.74. The highest BCUT2D eigenvalue weighted by Gasteiger charge is 2.22. The largest absolute Gasteiger partial charge is 0.494 e. The number of amides is 2. The molecule has 2 heterocycles. The highest BCUT2D eigenvalue weighted by atomic mass is 19.1. The molecule has 0 aliphatic carbocycles. The van der Waals surface area contributed by atoms with Crippen LogP contribution in [0.1, 0.15) is 36.9 Å². The number of benzene rings is 2. The monoisotopic (exact) mass is 429 g/mol. The first kappa shape index (κ1) is 21.2. The van der Waals surface area contributed by atoms with Gasteiger partial charge in [-0.15, -0.1) is 0 Å². The Bertz CT molecular complexity index is 931. The maximum Gasteiger partial charge on any atom is 0.315 e. The fraction of sp³-hybridized carbons (Fsp3) is 0.435. The Labute approximate surface area is 181 Å². The van der Waals surface area contributed by atoms with Crippen molar-refractivity contribution in [2.24, 2.45) is 0 Å². The van der Waals surface area contributed by atoms with Gasteiger partial charge in [-0.3, -0.25) is 4.90 Å². The van der Waals surface area contributed by atoms with Gasteiger partial charge in [0, 0.05) is 25.7 Å². The molecule has 0 aromatic heterocycles. The maximum absolute atomic E-state index is 13.9. The molecule has 1 unspecified atom stereocenters. The molecule has 2 aliphatic rings. The first-order chi connectivity index (χ1) is 15.0. The standard InChI is InChI=1S/C23H28FN3O4/c1-15(17-4-6-21-22(12-17)31-14-30-21)25-23(28)26-18-7-9-27(10-8-18)13-16-3-5-20(29-2)19(24)11-16/h3-6,11-12,15,18H,7-10,13-14H2,1-2H3,(H2,25,26,28). The average molecular weight is 429 g/mol. The number of hydrogen-bond acceptors (Lipinski definition) is 5. The predicted molar refractivity (Wildman–Crippen MR) is 114 cm³/mol. The Hall–Kier alpha value is -3.00. The lowest BCUT2D eigenvalue weighted by Gasteiger charge is -2.32. The summed E-state index contributed by atoms with van der Waals surface area (Å²) in [5.41, 5.74) is 1.88. The fourth-order valence-electron chi connectivity index (χ4n) is 3.99. The summed E-state index contributed by atoms with van der Waals surface area (Å²) in [6, 6.07) is 10.5. The van der Waals surface area contributed by atoms with Crippen molar-refractivity contribution in [1.29, 1.82) is 0 Å². The van der Waals surface area contributed by atoms with E-state index >= 15 is 0 Å². The van der Waals surface area contributed by atoms with Crippen LogP contribution in [0, 0.1) is 5.82 Å². The minimum absolute atomic E-state index is 0.118. The number of likely N-dealkylation sites (tertiary alicyclic amines) is 1. The zero-order valence-corrected chi connectivity index (χ0v) is 17.8. The predicted octanol–water partition coefficient (Wildman–Crippen LogP) is 3.59. The smallest absolute Gasteiger partial charge is 0.315 e. The van der Waals surface area contributed by atoms with Gasteiger partial charge in [-0.05, 0) is 55.2 Å². The number of hydrogen-bond donors (Lipinski definition) is 2. The Morgan fingerprint density at radius 2 is 1.97 bits per heavy atom. The van der Waals surface area contributed by atoms with Gasteiger partial charge in [0.1, 0.15) is 0 Å². The Balaban J connectivity index is 1.22. The van der Waals surface area contributed by atoms with Gasteiger partial charge in [0.25, 0.3) is 0 Å². The van der Waals surface area contributed by atoms with Crippen molar-refractivity contribution in [2.75, 3.05) is 27.0 Å². The molecule has 2 aromatic carbocycles. The van der Waals surface area contributed by atoms with Gasteiger partial charge < -0.3 is 24.8 Å². The molecule has 7 nitrogen and oxygen atoms in total. The van der Waals surface area contributed by atoms with Crippen molar-refractivity contribution in [2.45, 2.75) is 38.4 Å². The number of ether oxygens (including phenoxy) is 3. The number of rotatable bonds is 6. The number of piperidine rings is 1. The molecular weight excluding hydrogens is 401 g/mol. The van der Waals surface area contributed by atoms with Gasteiger partial charge >= 0.3 is 6.03 Å². The molecule has 0 bridgehead atoms. The SMILES string of the molecule is COc1ccc(CN2CCC(NC(=O)NC(C)c3ccc4c(c3)OCO4)CC2)cc1F. The van der Waals surface area contributed by atoms with E-state index in [0.29, 0.717) is 12.3 Å². The van der Waals surface area contributed by atoms with Crippen LogP contribution in [0.15, 0.2) is 36.4 Å². The zero-order chi connectivity index (χ0) is 21.8. The Kier molecular flexibility index (Phi) is 6.46. The number of carbonyl (C=O) groups excluding carboxylic acids is 1. The van der Waals surface area contributed by atoms with E-state index in [9.17, 15) is 9.18 Å². The molecule has 0 radical (unpaired) electrons. The number of halogens is 1. The van der Waals surface area contributed by atoms with Crippen molar-refractivity contribution in [1.82, 2.24) is 15.5 Å². The fourth-order valence-corrected chi connectivity index (χ4v) is 3.99. The Morgan fingerprint density at radius 3 is 2.71 bits per heavy atom. The van der Waals surface area contributed by atoms with E-state index in [1.807, 2.05) is 31.2 Å². The van der Waals surface area contributed by atoms with Crippen molar-refractivity contribution in [3.05, 3.63) is 53.3 Å². The first-order valence-electron chi connectivity index (χ1n) is 10.5. The van der Waals surface area contributed by atoms with E-state index in [1.165, 1.54) is 13.2 Å². The summed E-state index contributed by atoms with van der Waals surface area (Å²) in [5, 5.41) is 6.06. The first-order valence-corrected chi connectivity index (χ1v) is 10.5. The number of nitrogens with one attached hydrogen (secondary N) is 2. The topological polar surface area (TPSA) is 72.1 Å². The Morgan fingerprint density at radius 1 is 1.19 bits per heavy atom. The van der Waals surface area contributed by atoms with Crippen LogP contribution >= 0.6 is 0 Å². The third-order valence-electron chi connectivity index (χ3n) is 5.79. The second-order valence-corrected chi connectivity index (χ2v) is 7.97. The normalized spacial score (nSPS) is 17.3. The van der Waals surface area contributed by atoms with E-state index in [1.54, 1.807) is 6.07 Å². The van der Waals surface area contributed by atoms with Gasteiger partial charge in [0.15, 0.2) is 23.1 Å². The van der Waals surface area contributed by atoms with E-state index in [-0.39, 0.29) is 36.5 Å². The van der Waals surface area contributed by atoms with E-state index in [4.69, 9.17) is 14.2 Å². The van der Waals surface area contributed by atoms with Gasteiger partial charge in [0.05, 0.1) is 13.2 Å². The van der Waals surface area contributed by atoms with Crippen molar-refractivity contribution in [3.63, 3.8) is 0 Å². The molecule has 4 rings (SSSR count). The van der Waals surface area contributed by atoms with Crippen LogP contribution in [-0.2, 0) is 6.54 Å². The van der Waals surface area contributed by atoms with Crippen LogP contribution in [0.4, 0.5) is 9.18 Å². The van der Waals surface area contributed by atoms with Gasteiger partial charge in [-0.25, -0.2) is 9.18 Å². The summed E-state index contributed by atoms with van der Waals surface area (Å²) in [7, 11) is 1.46. The minimum atomic E-state index is -0.343. The lowest BCUT2D eigenvalue weighted by molar-refractivity contribution is 0.174. The minimum Gasteiger partial charge on any atom is -0.494 e. The summed E-state index contributed by atoms with van der Waals surface area (Å²) in [4.78, 5) is 14.7. The number of urea groups is 1. The summed E-state index contributed by atoms with van der Waals surface area (Å²) in [6.07, 6.45) is 1.70. The zero-order valence-electron chi connectivity index (χ0n) is 17.8. The second-order valence-electron chi connectivity index (χ2n) is 7.97. The lowest BCUT2D eigenvalue weighted by atomic mass is 10.0. The summed E-state index contributed by atoms with van der Waals surface area (Å²) >= 11 is 0. The molecule has 2 N–H and O–H groups in total. The van der Waals surface area contributed by atoms with Crippen LogP contribution in [0.5, 0.6) is 17.2 Å². The maximum atomic E-state index is 13.9. The molecule has 0 saturated carbocycles. The molecular formula is C23H28FN3O4. The van der Waals surface area contributed by atoms with Gasteiger partial charge in [-0.1, -0.05) is 12.1 Å². The van der Waals surface area contributed by atoms with Crippen LogP contribution in [0.25, 0.3) is 0 Å². The van der Waals surface area contributed by atoms with E-state index in [2.05, 4.69) is 15.5 Å². The number of fused-ring (bicyclic) bond motifs is 1. The number of carbonyl (C=O) groups is 1. The third-order valence-corrected chi connectivity index (χ3v) is 5.79. The molecule has 1 saturated heterocycles. The molecule has 1 atom stereocenters. The van der Waals surface area contributed by atoms with Crippen LogP contribution < -0.4 is 24.8 Å². The molecule has 8 heteroatoms. The lowest BCUT2D eigenvalue weighted by Crippen LogP contribution is -2.48. The molecule has 2 aromatic rings.